The van der Waals surface area contributed by atoms with Gasteiger partial charge in [0.1, 0.15) is 0 Å². The summed E-state index contributed by atoms with van der Waals surface area (Å²) >= 11 is 11.5. The van der Waals surface area contributed by atoms with Crippen molar-refractivity contribution in [2.24, 2.45) is 0 Å². The van der Waals surface area contributed by atoms with Gasteiger partial charge < -0.3 is 10.0 Å². The van der Waals surface area contributed by atoms with Crippen molar-refractivity contribution in [1.29, 1.82) is 0 Å². The van der Waals surface area contributed by atoms with Crippen LogP contribution in [0, 0.1) is 0 Å². The second-order valence-electron chi connectivity index (χ2n) is 2.84. The van der Waals surface area contributed by atoms with E-state index in [4.69, 9.17) is 21.6 Å². The SMILES string of the molecule is OB(O)c1cc2ccc(S)c(Cl)c2s1. The average molecular weight is 245 g/mol. The zero-order valence-electron chi connectivity index (χ0n) is 6.94. The third-order valence-electron chi connectivity index (χ3n) is 1.88. The molecule has 1 aromatic carbocycles. The molecule has 0 saturated heterocycles. The molecule has 2 aromatic rings. The summed E-state index contributed by atoms with van der Waals surface area (Å²) < 4.78 is 1.32. The van der Waals surface area contributed by atoms with Gasteiger partial charge >= 0.3 is 7.12 Å². The quantitative estimate of drug-likeness (QED) is 0.526. The fraction of sp³-hybridized carbons (Fsp3) is 0. The van der Waals surface area contributed by atoms with Crippen LogP contribution in [0.4, 0.5) is 0 Å². The first kappa shape index (κ1) is 10.3. The lowest BCUT2D eigenvalue weighted by atomic mass is 9.89. The Labute approximate surface area is 95.7 Å². The maximum atomic E-state index is 8.99. The molecule has 0 unspecified atom stereocenters. The summed E-state index contributed by atoms with van der Waals surface area (Å²) in [4.78, 5) is 0.694. The minimum Gasteiger partial charge on any atom is -0.423 e. The molecule has 0 spiro atoms. The first-order valence-electron chi connectivity index (χ1n) is 3.86. The van der Waals surface area contributed by atoms with Gasteiger partial charge in [-0.2, -0.15) is 0 Å². The van der Waals surface area contributed by atoms with E-state index in [-0.39, 0.29) is 0 Å². The van der Waals surface area contributed by atoms with Crippen molar-refractivity contribution in [3.05, 3.63) is 23.2 Å². The van der Waals surface area contributed by atoms with Crippen LogP contribution in [0.2, 0.25) is 5.02 Å². The number of hydrogen-bond acceptors (Lipinski definition) is 4. The summed E-state index contributed by atoms with van der Waals surface area (Å²) in [5, 5.41) is 19.4. The maximum absolute atomic E-state index is 8.99. The zero-order chi connectivity index (χ0) is 10.3. The van der Waals surface area contributed by atoms with Crippen molar-refractivity contribution in [3.8, 4) is 0 Å². The maximum Gasteiger partial charge on any atom is 0.499 e. The highest BCUT2D eigenvalue weighted by atomic mass is 35.5. The molecular weight excluding hydrogens is 238 g/mol. The molecule has 1 aromatic heterocycles. The Kier molecular flexibility index (Phi) is 2.77. The highest BCUT2D eigenvalue weighted by Crippen LogP contribution is 2.32. The molecule has 0 bridgehead atoms. The Morgan fingerprint density at radius 3 is 2.71 bits per heavy atom. The monoisotopic (exact) mass is 244 g/mol. The fourth-order valence-electron chi connectivity index (χ4n) is 1.21. The first-order valence-corrected chi connectivity index (χ1v) is 5.51. The Morgan fingerprint density at radius 2 is 2.07 bits per heavy atom. The van der Waals surface area contributed by atoms with E-state index in [1.165, 1.54) is 11.3 Å². The van der Waals surface area contributed by atoms with Crippen LogP contribution < -0.4 is 4.78 Å². The molecule has 0 aliphatic carbocycles. The molecule has 2 rings (SSSR count). The van der Waals surface area contributed by atoms with Crippen LogP contribution in [0.1, 0.15) is 0 Å². The predicted octanol–water partition coefficient (Wildman–Crippen LogP) is 1.52. The Morgan fingerprint density at radius 1 is 1.36 bits per heavy atom. The van der Waals surface area contributed by atoms with Crippen LogP contribution in [0.5, 0.6) is 0 Å². The van der Waals surface area contributed by atoms with E-state index < -0.39 is 7.12 Å². The zero-order valence-corrected chi connectivity index (χ0v) is 9.40. The summed E-state index contributed by atoms with van der Waals surface area (Å²) in [7, 11) is -1.44. The molecule has 0 atom stereocenters. The molecule has 6 heteroatoms. The fourth-order valence-corrected chi connectivity index (χ4v) is 2.73. The molecule has 72 valence electrons. The van der Waals surface area contributed by atoms with Gasteiger partial charge in [0.15, 0.2) is 0 Å². The number of halogens is 1. The molecule has 0 saturated carbocycles. The van der Waals surface area contributed by atoms with Gasteiger partial charge in [0.25, 0.3) is 0 Å². The molecule has 14 heavy (non-hydrogen) atoms. The van der Waals surface area contributed by atoms with Crippen molar-refractivity contribution in [1.82, 2.24) is 0 Å². The van der Waals surface area contributed by atoms with Gasteiger partial charge in [0.05, 0.1) is 9.72 Å². The van der Waals surface area contributed by atoms with Gasteiger partial charge in [-0.15, -0.1) is 24.0 Å². The van der Waals surface area contributed by atoms with Gasteiger partial charge in [-0.25, -0.2) is 0 Å². The lowest BCUT2D eigenvalue weighted by Gasteiger charge is -1.96. The average Bonchev–Trinajstić information content (AvgIpc) is 2.56. The topological polar surface area (TPSA) is 40.5 Å². The number of benzene rings is 1. The van der Waals surface area contributed by atoms with Crippen LogP contribution in [0.15, 0.2) is 23.1 Å². The molecule has 0 aliphatic heterocycles. The van der Waals surface area contributed by atoms with Crippen molar-refractivity contribution in [2.45, 2.75) is 4.90 Å². The number of hydrogen-bond donors (Lipinski definition) is 3. The summed E-state index contributed by atoms with van der Waals surface area (Å²) in [5.41, 5.74) is 0. The number of thiophene rings is 1. The summed E-state index contributed by atoms with van der Waals surface area (Å²) in [6, 6.07) is 5.35. The second kappa shape index (κ2) is 3.75. The van der Waals surface area contributed by atoms with E-state index in [1.807, 2.05) is 6.07 Å². The van der Waals surface area contributed by atoms with Crippen LogP contribution in [-0.4, -0.2) is 17.2 Å². The normalized spacial score (nSPS) is 10.9. The van der Waals surface area contributed by atoms with Crippen molar-refractivity contribution in [2.75, 3.05) is 0 Å². The van der Waals surface area contributed by atoms with Gasteiger partial charge in [-0.05, 0) is 17.5 Å². The van der Waals surface area contributed by atoms with Crippen LogP contribution in [0.25, 0.3) is 10.1 Å². The number of thiol groups is 1. The molecule has 2 N–H and O–H groups in total. The summed E-state index contributed by atoms with van der Waals surface area (Å²) in [6.07, 6.45) is 0. The van der Waals surface area contributed by atoms with E-state index in [9.17, 15) is 0 Å². The van der Waals surface area contributed by atoms with Gasteiger partial charge in [0.2, 0.25) is 0 Å². The smallest absolute Gasteiger partial charge is 0.423 e. The number of rotatable bonds is 1. The van der Waals surface area contributed by atoms with Gasteiger partial charge in [0, 0.05) is 9.67 Å². The van der Waals surface area contributed by atoms with Gasteiger partial charge in [-0.1, -0.05) is 17.7 Å². The molecule has 0 fully saturated rings. The van der Waals surface area contributed by atoms with E-state index in [2.05, 4.69) is 12.6 Å². The molecule has 1 heterocycles. The molecule has 0 radical (unpaired) electrons. The lowest BCUT2D eigenvalue weighted by molar-refractivity contribution is 0.427. The molecule has 2 nitrogen and oxygen atoms in total. The van der Waals surface area contributed by atoms with Crippen LogP contribution >= 0.6 is 35.6 Å². The molecule has 0 amide bonds. The summed E-state index contributed by atoms with van der Waals surface area (Å²) in [5.74, 6) is 0. The van der Waals surface area contributed by atoms with Crippen molar-refractivity contribution >= 4 is 57.5 Å². The van der Waals surface area contributed by atoms with Crippen molar-refractivity contribution in [3.63, 3.8) is 0 Å². The van der Waals surface area contributed by atoms with E-state index in [0.29, 0.717) is 14.7 Å². The second-order valence-corrected chi connectivity index (χ2v) is 4.78. The Hall–Kier alpha value is -0.195. The van der Waals surface area contributed by atoms with E-state index in [1.54, 1.807) is 12.1 Å². The number of fused-ring (bicyclic) bond motifs is 1. The minimum absolute atomic E-state index is 0.487. The molecular formula is C8H6BClO2S2. The molecule has 0 aliphatic rings. The third-order valence-corrected chi connectivity index (χ3v) is 4.10. The van der Waals surface area contributed by atoms with Crippen LogP contribution in [0.3, 0.4) is 0 Å². The largest absolute Gasteiger partial charge is 0.499 e. The highest BCUT2D eigenvalue weighted by molar-refractivity contribution is 7.80. The van der Waals surface area contributed by atoms with Gasteiger partial charge in [-0.3, -0.25) is 0 Å². The van der Waals surface area contributed by atoms with Crippen molar-refractivity contribution < 1.29 is 10.0 Å². The lowest BCUT2D eigenvalue weighted by Crippen LogP contribution is -2.26. The third kappa shape index (κ3) is 1.66. The van der Waals surface area contributed by atoms with Crippen LogP contribution in [-0.2, 0) is 0 Å². The first-order chi connectivity index (χ1) is 6.59. The Bertz CT molecular complexity index is 483. The Balaban J connectivity index is 2.71. The highest BCUT2D eigenvalue weighted by Gasteiger charge is 2.16. The minimum atomic E-state index is -1.44. The predicted molar refractivity (Wildman–Crippen MR) is 63.9 cm³/mol. The summed E-state index contributed by atoms with van der Waals surface area (Å²) in [6.45, 7) is 0. The van der Waals surface area contributed by atoms with E-state index in [0.717, 1.165) is 10.1 Å². The standard InChI is InChI=1S/C8H6BClO2S2/c10-7-5(13)2-1-4-3-6(9(11)12)14-8(4)7/h1-3,11-13H. The van der Waals surface area contributed by atoms with E-state index >= 15 is 0 Å².